The number of sulfonamides is 1. The van der Waals surface area contributed by atoms with Crippen LogP contribution in [-0.2, 0) is 21.4 Å². The fraction of sp³-hybridized carbons (Fsp3) is 0.176. The highest BCUT2D eigenvalue weighted by atomic mass is 32.2. The Hall–Kier alpha value is -2.07. The monoisotopic (exact) mass is 408 g/mol. The van der Waals surface area contributed by atoms with Gasteiger partial charge in [0.25, 0.3) is 0 Å². The predicted molar refractivity (Wildman–Crippen MR) is 102 cm³/mol. The number of hydrogen-bond donors (Lipinski definition) is 1. The van der Waals surface area contributed by atoms with E-state index in [4.69, 9.17) is 4.74 Å². The summed E-state index contributed by atoms with van der Waals surface area (Å²) in [7, 11) is -3.54. The van der Waals surface area contributed by atoms with Crippen LogP contribution in [0, 0.1) is 0 Å². The van der Waals surface area contributed by atoms with Crippen LogP contribution in [0.4, 0.5) is 0 Å². The minimum absolute atomic E-state index is 0.0676. The Morgan fingerprint density at radius 2 is 1.96 bits per heavy atom. The van der Waals surface area contributed by atoms with E-state index in [0.717, 1.165) is 9.88 Å². The number of ether oxygens (including phenoxy) is 1. The number of hydrogen-bond acceptors (Lipinski definition) is 7. The molecule has 0 amide bonds. The Bertz CT molecular complexity index is 977. The number of rotatable bonds is 7. The zero-order valence-corrected chi connectivity index (χ0v) is 16.3. The molecule has 6 nitrogen and oxygen atoms in total. The van der Waals surface area contributed by atoms with E-state index < -0.39 is 16.0 Å². The highest BCUT2D eigenvalue weighted by Gasteiger charge is 2.15. The zero-order valence-electron chi connectivity index (χ0n) is 13.8. The summed E-state index contributed by atoms with van der Waals surface area (Å²) in [5.74, 6) is -0.525. The lowest BCUT2D eigenvalue weighted by molar-refractivity contribution is 0.0468. The molecule has 1 N–H and O–H groups in total. The Labute approximate surface area is 159 Å². The molecule has 0 aliphatic carbocycles. The molecule has 1 aromatic carbocycles. The minimum atomic E-state index is -3.54. The zero-order chi connectivity index (χ0) is 18.6. The van der Waals surface area contributed by atoms with Gasteiger partial charge in [-0.2, -0.15) is 0 Å². The molecule has 0 aliphatic heterocycles. The summed E-state index contributed by atoms with van der Waals surface area (Å²) in [5, 5.41) is 4.73. The fourth-order valence-corrected chi connectivity index (χ4v) is 4.81. The molecule has 2 aromatic heterocycles. The van der Waals surface area contributed by atoms with Gasteiger partial charge < -0.3 is 4.74 Å². The van der Waals surface area contributed by atoms with E-state index in [-0.39, 0.29) is 17.1 Å². The number of carbonyl (C=O) groups excluding carboxylic acids is 1. The average molecular weight is 409 g/mol. The quantitative estimate of drug-likeness (QED) is 0.605. The van der Waals surface area contributed by atoms with Crippen molar-refractivity contribution in [2.45, 2.75) is 18.4 Å². The van der Waals surface area contributed by atoms with Gasteiger partial charge in [0, 0.05) is 11.9 Å². The molecule has 0 radical (unpaired) electrons. The molecule has 136 valence electrons. The second-order valence-corrected chi connectivity index (χ2v) is 8.80. The van der Waals surface area contributed by atoms with Crippen molar-refractivity contribution in [1.82, 2.24) is 9.71 Å². The molecular weight excluding hydrogens is 392 g/mol. The van der Waals surface area contributed by atoms with Crippen LogP contribution >= 0.6 is 22.7 Å². The summed E-state index contributed by atoms with van der Waals surface area (Å²) in [6.07, 6.45) is 0. The van der Waals surface area contributed by atoms with E-state index in [0.29, 0.717) is 12.2 Å². The van der Waals surface area contributed by atoms with E-state index in [1.165, 1.54) is 35.6 Å². The molecule has 3 aromatic rings. The van der Waals surface area contributed by atoms with Gasteiger partial charge in [-0.05, 0) is 35.7 Å². The average Bonchev–Trinajstić information content (AvgIpc) is 3.31. The van der Waals surface area contributed by atoms with Crippen LogP contribution in [0.3, 0.4) is 0 Å². The van der Waals surface area contributed by atoms with Crippen molar-refractivity contribution in [2.75, 3.05) is 6.54 Å². The Morgan fingerprint density at radius 3 is 2.62 bits per heavy atom. The van der Waals surface area contributed by atoms with Gasteiger partial charge in [0.05, 0.1) is 21.0 Å². The fourth-order valence-electron chi connectivity index (χ4n) is 2.15. The number of thiazole rings is 1. The van der Waals surface area contributed by atoms with Gasteiger partial charge in [-0.3, -0.25) is 0 Å². The van der Waals surface area contributed by atoms with Gasteiger partial charge in [-0.15, -0.1) is 22.7 Å². The summed E-state index contributed by atoms with van der Waals surface area (Å²) >= 11 is 3.10. The first-order valence-electron chi connectivity index (χ1n) is 7.74. The summed E-state index contributed by atoms with van der Waals surface area (Å²) in [6, 6.07) is 9.58. The Kier molecular flexibility index (Phi) is 5.82. The van der Waals surface area contributed by atoms with Crippen molar-refractivity contribution in [3.05, 3.63) is 58.4 Å². The normalized spacial score (nSPS) is 11.4. The lowest BCUT2D eigenvalue weighted by Crippen LogP contribution is -2.23. The molecule has 0 aliphatic rings. The molecule has 2 heterocycles. The first-order chi connectivity index (χ1) is 12.5. The number of benzene rings is 1. The highest BCUT2D eigenvalue weighted by molar-refractivity contribution is 7.89. The van der Waals surface area contributed by atoms with E-state index >= 15 is 0 Å². The van der Waals surface area contributed by atoms with Crippen LogP contribution in [-0.4, -0.2) is 25.9 Å². The van der Waals surface area contributed by atoms with Crippen molar-refractivity contribution >= 4 is 38.7 Å². The van der Waals surface area contributed by atoms with Crippen LogP contribution in [0.25, 0.3) is 9.88 Å². The molecular formula is C17H16N2O4S3. The first-order valence-corrected chi connectivity index (χ1v) is 11.0. The third-order valence-corrected chi connectivity index (χ3v) is 6.86. The van der Waals surface area contributed by atoms with E-state index in [9.17, 15) is 13.2 Å². The van der Waals surface area contributed by atoms with E-state index in [1.54, 1.807) is 18.3 Å². The lowest BCUT2D eigenvalue weighted by atomic mass is 10.2. The Morgan fingerprint density at radius 1 is 1.19 bits per heavy atom. The molecule has 0 fully saturated rings. The maximum atomic E-state index is 12.1. The van der Waals surface area contributed by atoms with Crippen LogP contribution in [0.1, 0.15) is 23.0 Å². The van der Waals surface area contributed by atoms with Crippen LogP contribution < -0.4 is 4.72 Å². The molecule has 9 heteroatoms. The number of aromatic nitrogens is 1. The maximum absolute atomic E-state index is 12.1. The third-order valence-electron chi connectivity index (χ3n) is 3.37. The SMILES string of the molecule is CCNS(=O)(=O)c1ccc(C(=O)OCc2csc(-c3cccs3)n2)cc1. The van der Waals surface area contributed by atoms with Gasteiger partial charge >= 0.3 is 5.97 Å². The van der Waals surface area contributed by atoms with E-state index in [1.807, 2.05) is 22.9 Å². The van der Waals surface area contributed by atoms with Gasteiger partial charge in [-0.1, -0.05) is 13.0 Å². The minimum Gasteiger partial charge on any atom is -0.456 e. The smallest absolute Gasteiger partial charge is 0.338 e. The maximum Gasteiger partial charge on any atom is 0.338 e. The van der Waals surface area contributed by atoms with Gasteiger partial charge in [0.15, 0.2) is 0 Å². The number of esters is 1. The topological polar surface area (TPSA) is 85.4 Å². The number of carbonyl (C=O) groups is 1. The number of nitrogens with one attached hydrogen (secondary N) is 1. The van der Waals surface area contributed by atoms with Crippen LogP contribution in [0.5, 0.6) is 0 Å². The lowest BCUT2D eigenvalue weighted by Gasteiger charge is -2.06. The summed E-state index contributed by atoms with van der Waals surface area (Å²) in [5.41, 5.74) is 0.965. The number of nitrogens with zero attached hydrogens (tertiary/aromatic N) is 1. The molecule has 0 saturated carbocycles. The van der Waals surface area contributed by atoms with Crippen molar-refractivity contribution in [3.8, 4) is 9.88 Å². The van der Waals surface area contributed by atoms with Crippen LogP contribution in [0.2, 0.25) is 0 Å². The summed E-state index contributed by atoms with van der Waals surface area (Å²) < 4.78 is 31.4. The van der Waals surface area contributed by atoms with Crippen molar-refractivity contribution < 1.29 is 17.9 Å². The second kappa shape index (κ2) is 8.09. The van der Waals surface area contributed by atoms with Gasteiger partial charge in [0.1, 0.15) is 11.6 Å². The predicted octanol–water partition coefficient (Wildman–Crippen LogP) is 3.53. The second-order valence-electron chi connectivity index (χ2n) is 5.22. The molecule has 26 heavy (non-hydrogen) atoms. The summed E-state index contributed by atoms with van der Waals surface area (Å²) in [6.45, 7) is 2.07. The van der Waals surface area contributed by atoms with Crippen molar-refractivity contribution in [1.29, 1.82) is 0 Å². The largest absolute Gasteiger partial charge is 0.456 e. The van der Waals surface area contributed by atoms with Crippen molar-refractivity contribution in [3.63, 3.8) is 0 Å². The molecule has 0 bridgehead atoms. The molecule has 0 unspecified atom stereocenters. The van der Waals surface area contributed by atoms with Crippen LogP contribution in [0.15, 0.2) is 52.1 Å². The van der Waals surface area contributed by atoms with Gasteiger partial charge in [0.2, 0.25) is 10.0 Å². The Balaban J connectivity index is 1.62. The number of thiophene rings is 1. The van der Waals surface area contributed by atoms with Gasteiger partial charge in [-0.25, -0.2) is 22.9 Å². The third kappa shape index (κ3) is 4.36. The molecule has 0 saturated heterocycles. The summed E-state index contributed by atoms with van der Waals surface area (Å²) in [4.78, 5) is 17.8. The standard InChI is InChI=1S/C17H16N2O4S3/c1-2-18-26(21,22)14-7-5-12(6-8-14)17(20)23-10-13-11-25-16(19-13)15-4-3-9-24-15/h3-9,11,18H,2,10H2,1H3. The molecule has 3 rings (SSSR count). The first kappa shape index (κ1) is 18.7. The molecule has 0 spiro atoms. The van der Waals surface area contributed by atoms with E-state index in [2.05, 4.69) is 9.71 Å². The molecule has 0 atom stereocenters. The van der Waals surface area contributed by atoms with Crippen molar-refractivity contribution in [2.24, 2.45) is 0 Å². The highest BCUT2D eigenvalue weighted by Crippen LogP contribution is 2.28.